The predicted octanol–water partition coefficient (Wildman–Crippen LogP) is 3.46. The van der Waals surface area contributed by atoms with Crippen LogP contribution in [0, 0.1) is 0 Å². The average molecular weight is 401 g/mol. The maximum atomic E-state index is 12.0. The summed E-state index contributed by atoms with van der Waals surface area (Å²) < 4.78 is 10.9. The molecule has 0 aromatic heterocycles. The van der Waals surface area contributed by atoms with Gasteiger partial charge in [0.25, 0.3) is 0 Å². The van der Waals surface area contributed by atoms with Crippen LogP contribution >= 0.6 is 0 Å². The fourth-order valence-electron chi connectivity index (χ4n) is 2.81. The van der Waals surface area contributed by atoms with Gasteiger partial charge in [-0.15, -0.1) is 0 Å². The van der Waals surface area contributed by atoms with Gasteiger partial charge in [0.1, 0.15) is 6.10 Å². The van der Waals surface area contributed by atoms with Crippen LogP contribution in [-0.2, 0) is 24.5 Å². The molecule has 0 aliphatic carbocycles. The van der Waals surface area contributed by atoms with Gasteiger partial charge in [0.2, 0.25) is 0 Å². The molecule has 1 amide bonds. The third-order valence-corrected chi connectivity index (χ3v) is 4.45. The van der Waals surface area contributed by atoms with Crippen molar-refractivity contribution in [2.24, 2.45) is 0 Å². The molecule has 0 bridgehead atoms. The highest BCUT2D eigenvalue weighted by Crippen LogP contribution is 2.33. The molecule has 2 N–H and O–H groups in total. The Morgan fingerprint density at radius 1 is 1.17 bits per heavy atom. The molecule has 1 rings (SSSR count). The zero-order valence-electron chi connectivity index (χ0n) is 16.9. The Morgan fingerprint density at radius 3 is 2.28 bits per heavy atom. The first kappa shape index (κ1) is 23.7. The van der Waals surface area contributed by atoms with Crippen LogP contribution in [0.25, 0.3) is 5.57 Å². The minimum Gasteiger partial charge on any atom is -0.465 e. The lowest BCUT2D eigenvalue weighted by Gasteiger charge is -2.38. The van der Waals surface area contributed by atoms with E-state index in [1.54, 1.807) is 13.8 Å². The minimum atomic E-state index is -1.31. The van der Waals surface area contributed by atoms with E-state index in [2.05, 4.69) is 25.1 Å². The summed E-state index contributed by atoms with van der Waals surface area (Å²) in [4.78, 5) is 34.9. The van der Waals surface area contributed by atoms with Crippen LogP contribution in [0.15, 0.2) is 56.2 Å². The fraction of sp³-hybridized carbons (Fsp3) is 0.318. The molecule has 0 spiro atoms. The van der Waals surface area contributed by atoms with E-state index in [-0.39, 0.29) is 6.54 Å². The molecule has 7 heteroatoms. The zero-order valence-corrected chi connectivity index (χ0v) is 16.9. The highest BCUT2D eigenvalue weighted by Gasteiger charge is 2.42. The minimum absolute atomic E-state index is 0.284. The molecule has 0 fully saturated rings. The lowest BCUT2D eigenvalue weighted by molar-refractivity contribution is -0.166. The number of carbonyl (C=O) groups excluding carboxylic acids is 2. The summed E-state index contributed by atoms with van der Waals surface area (Å²) in [5.74, 6) is -1.50. The Labute approximate surface area is 170 Å². The lowest BCUT2D eigenvalue weighted by atomic mass is 9.76. The van der Waals surface area contributed by atoms with Crippen molar-refractivity contribution in [3.8, 4) is 0 Å². The SMILES string of the molecule is C=CC(=O)OC(CNC(=O)O)C(OC(=O)C=C)C(C)(C)c1cccc(C(=C)C)c1. The summed E-state index contributed by atoms with van der Waals surface area (Å²) >= 11 is 0. The van der Waals surface area contributed by atoms with Crippen molar-refractivity contribution in [2.45, 2.75) is 38.4 Å². The molecule has 156 valence electrons. The van der Waals surface area contributed by atoms with Crippen molar-refractivity contribution in [1.82, 2.24) is 5.32 Å². The van der Waals surface area contributed by atoms with Crippen LogP contribution < -0.4 is 5.32 Å². The molecule has 2 atom stereocenters. The van der Waals surface area contributed by atoms with Crippen molar-refractivity contribution >= 4 is 23.6 Å². The summed E-state index contributed by atoms with van der Waals surface area (Å²) in [6.07, 6.45) is -1.49. The molecular weight excluding hydrogens is 374 g/mol. The Morgan fingerprint density at radius 2 is 1.76 bits per heavy atom. The Kier molecular flexibility index (Phi) is 8.38. The largest absolute Gasteiger partial charge is 0.465 e. The van der Waals surface area contributed by atoms with Gasteiger partial charge in [-0.2, -0.15) is 0 Å². The van der Waals surface area contributed by atoms with E-state index >= 15 is 0 Å². The van der Waals surface area contributed by atoms with Gasteiger partial charge in [-0.05, 0) is 18.1 Å². The van der Waals surface area contributed by atoms with Gasteiger partial charge in [0.05, 0.1) is 6.54 Å². The van der Waals surface area contributed by atoms with E-state index in [1.807, 2.05) is 31.2 Å². The van der Waals surface area contributed by atoms with Crippen molar-refractivity contribution in [1.29, 1.82) is 0 Å². The maximum Gasteiger partial charge on any atom is 0.404 e. The van der Waals surface area contributed by atoms with Gasteiger partial charge >= 0.3 is 18.0 Å². The molecule has 0 aliphatic rings. The Hall–Kier alpha value is -3.35. The highest BCUT2D eigenvalue weighted by atomic mass is 16.6. The number of ether oxygens (including phenoxy) is 2. The van der Waals surface area contributed by atoms with E-state index in [1.165, 1.54) is 0 Å². The normalized spacial score (nSPS) is 12.8. The standard InChI is InChI=1S/C22H27NO6/c1-7-18(24)28-17(13-23-21(26)27)20(29-19(25)8-2)22(5,6)16-11-9-10-15(12-16)14(3)4/h7-12,17,20,23H,1-3,13H2,4-6H3,(H,26,27). The highest BCUT2D eigenvalue weighted by molar-refractivity contribution is 5.82. The molecule has 2 unspecified atom stereocenters. The van der Waals surface area contributed by atoms with Crippen LogP contribution in [0.5, 0.6) is 0 Å². The molecule has 1 aromatic rings. The predicted molar refractivity (Wildman–Crippen MR) is 110 cm³/mol. The number of esters is 2. The number of carboxylic acid groups (broad SMARTS) is 1. The molecule has 0 radical (unpaired) electrons. The van der Waals surface area contributed by atoms with Gasteiger partial charge in [-0.1, -0.05) is 63.4 Å². The number of nitrogens with one attached hydrogen (secondary N) is 1. The smallest absolute Gasteiger partial charge is 0.404 e. The number of benzene rings is 1. The second-order valence-corrected chi connectivity index (χ2v) is 7.01. The first-order valence-electron chi connectivity index (χ1n) is 8.92. The molecular formula is C22H27NO6. The first-order valence-corrected chi connectivity index (χ1v) is 8.92. The second kappa shape index (κ2) is 10.3. The molecule has 0 saturated heterocycles. The molecule has 29 heavy (non-hydrogen) atoms. The van der Waals surface area contributed by atoms with Crippen molar-refractivity contribution in [3.05, 3.63) is 67.3 Å². The average Bonchev–Trinajstić information content (AvgIpc) is 2.68. The van der Waals surface area contributed by atoms with Crippen LogP contribution in [0.3, 0.4) is 0 Å². The van der Waals surface area contributed by atoms with Gasteiger partial charge in [0, 0.05) is 17.6 Å². The topological polar surface area (TPSA) is 102 Å². The van der Waals surface area contributed by atoms with Crippen molar-refractivity contribution < 1.29 is 29.0 Å². The van der Waals surface area contributed by atoms with Crippen molar-refractivity contribution in [2.75, 3.05) is 6.54 Å². The van der Waals surface area contributed by atoms with E-state index in [9.17, 15) is 14.4 Å². The van der Waals surface area contributed by atoms with Crippen molar-refractivity contribution in [3.63, 3.8) is 0 Å². The maximum absolute atomic E-state index is 12.0. The summed E-state index contributed by atoms with van der Waals surface area (Å²) in [7, 11) is 0. The monoisotopic (exact) mass is 401 g/mol. The van der Waals surface area contributed by atoms with Gasteiger partial charge in [-0.25, -0.2) is 14.4 Å². The number of hydrogen-bond donors (Lipinski definition) is 2. The number of amides is 1. The first-order chi connectivity index (χ1) is 13.5. The van der Waals surface area contributed by atoms with Crippen LogP contribution in [-0.4, -0.2) is 41.9 Å². The molecule has 0 heterocycles. The summed E-state index contributed by atoms with van der Waals surface area (Å²) in [5, 5.41) is 11.1. The van der Waals surface area contributed by atoms with E-state index in [0.29, 0.717) is 0 Å². The third kappa shape index (κ3) is 6.64. The van der Waals surface area contributed by atoms with Gasteiger partial charge < -0.3 is 19.9 Å². The number of rotatable bonds is 10. The lowest BCUT2D eigenvalue weighted by Crippen LogP contribution is -2.51. The Balaban J connectivity index is 3.45. The third-order valence-electron chi connectivity index (χ3n) is 4.45. The number of allylic oxidation sites excluding steroid dienone is 1. The van der Waals surface area contributed by atoms with E-state index in [4.69, 9.17) is 14.6 Å². The number of carbonyl (C=O) groups is 3. The summed E-state index contributed by atoms with van der Waals surface area (Å²) in [5.41, 5.74) is 1.67. The van der Waals surface area contributed by atoms with Crippen LogP contribution in [0.1, 0.15) is 31.9 Å². The number of hydrogen-bond acceptors (Lipinski definition) is 5. The Bertz CT molecular complexity index is 811. The molecule has 0 aliphatic heterocycles. The van der Waals surface area contributed by atoms with E-state index < -0.39 is 35.7 Å². The zero-order chi connectivity index (χ0) is 22.2. The summed E-state index contributed by atoms with van der Waals surface area (Å²) in [6, 6.07) is 7.48. The fourth-order valence-corrected chi connectivity index (χ4v) is 2.81. The van der Waals surface area contributed by atoms with Crippen LogP contribution in [0.2, 0.25) is 0 Å². The van der Waals surface area contributed by atoms with E-state index in [0.717, 1.165) is 28.9 Å². The van der Waals surface area contributed by atoms with Gasteiger partial charge in [0.15, 0.2) is 6.10 Å². The molecule has 0 saturated carbocycles. The summed E-state index contributed by atoms with van der Waals surface area (Å²) in [6.45, 7) is 15.9. The molecule has 1 aromatic carbocycles. The quantitative estimate of drug-likeness (QED) is 0.460. The second-order valence-electron chi connectivity index (χ2n) is 7.01. The molecule has 7 nitrogen and oxygen atoms in total. The van der Waals surface area contributed by atoms with Crippen LogP contribution in [0.4, 0.5) is 4.79 Å². The van der Waals surface area contributed by atoms with Gasteiger partial charge in [-0.3, -0.25) is 0 Å².